The molecule has 0 bridgehead atoms. The van der Waals surface area contributed by atoms with Crippen LogP contribution in [-0.2, 0) is 0 Å². The van der Waals surface area contributed by atoms with Crippen LogP contribution in [0.25, 0.3) is 27.1 Å². The molecule has 3 aromatic heterocycles. The molecule has 0 radical (unpaired) electrons. The summed E-state index contributed by atoms with van der Waals surface area (Å²) in [7, 11) is 0. The molecule has 0 N–H and O–H groups in total. The zero-order chi connectivity index (χ0) is 12.8. The van der Waals surface area contributed by atoms with Crippen LogP contribution >= 0.6 is 22.9 Å². The largest absolute Gasteiger partial charge is 0.265 e. The van der Waals surface area contributed by atoms with Gasteiger partial charge >= 0.3 is 0 Å². The van der Waals surface area contributed by atoms with Crippen LogP contribution in [0.15, 0.2) is 42.0 Å². The smallest absolute Gasteiger partial charge is 0.171 e. The zero-order valence-electron chi connectivity index (χ0n) is 9.62. The van der Waals surface area contributed by atoms with E-state index in [1.807, 2.05) is 16.5 Å². The van der Waals surface area contributed by atoms with Gasteiger partial charge in [0, 0.05) is 27.1 Å². The van der Waals surface area contributed by atoms with Gasteiger partial charge in [-0.1, -0.05) is 29.8 Å². The van der Waals surface area contributed by atoms with Gasteiger partial charge in [0.2, 0.25) is 0 Å². The second-order valence-corrected chi connectivity index (χ2v) is 5.41. The van der Waals surface area contributed by atoms with Gasteiger partial charge in [0.05, 0.1) is 0 Å². The average Bonchev–Trinajstić information content (AvgIpc) is 3.01. The fourth-order valence-corrected chi connectivity index (χ4v) is 3.19. The second-order valence-electron chi connectivity index (χ2n) is 4.11. The standard InChI is InChI=1S/C13H7ClN4S/c14-11-5-12-16-17-13(18(12)7-15-11)9-6-19-10-4-2-1-3-8(9)10/h1-7H. The van der Waals surface area contributed by atoms with Gasteiger partial charge < -0.3 is 0 Å². The Morgan fingerprint density at radius 3 is 3.00 bits per heavy atom. The van der Waals surface area contributed by atoms with Crippen LogP contribution in [0.5, 0.6) is 0 Å². The maximum absolute atomic E-state index is 5.86. The summed E-state index contributed by atoms with van der Waals surface area (Å²) in [6, 6.07) is 9.95. The molecule has 0 aliphatic carbocycles. The van der Waals surface area contributed by atoms with Crippen molar-refractivity contribution < 1.29 is 0 Å². The fraction of sp³-hybridized carbons (Fsp3) is 0. The molecule has 0 aliphatic rings. The Balaban J connectivity index is 2.04. The van der Waals surface area contributed by atoms with E-state index in [9.17, 15) is 0 Å². The highest BCUT2D eigenvalue weighted by Crippen LogP contribution is 2.32. The number of thiophene rings is 1. The number of fused-ring (bicyclic) bond motifs is 2. The van der Waals surface area contributed by atoms with Crippen molar-refractivity contribution in [1.29, 1.82) is 0 Å². The second kappa shape index (κ2) is 4.01. The number of benzene rings is 1. The molecule has 19 heavy (non-hydrogen) atoms. The van der Waals surface area contributed by atoms with Crippen molar-refractivity contribution in [2.45, 2.75) is 0 Å². The van der Waals surface area contributed by atoms with E-state index in [-0.39, 0.29) is 0 Å². The van der Waals surface area contributed by atoms with Crippen LogP contribution in [0.3, 0.4) is 0 Å². The number of halogens is 1. The number of aromatic nitrogens is 4. The van der Waals surface area contributed by atoms with Crippen molar-refractivity contribution in [3.63, 3.8) is 0 Å². The molecule has 4 rings (SSSR count). The molecule has 0 aliphatic heterocycles. The molecular weight excluding hydrogens is 280 g/mol. The zero-order valence-corrected chi connectivity index (χ0v) is 11.2. The summed E-state index contributed by atoms with van der Waals surface area (Å²) < 4.78 is 3.08. The fourth-order valence-electron chi connectivity index (χ4n) is 2.11. The lowest BCUT2D eigenvalue weighted by Gasteiger charge is -1.98. The van der Waals surface area contributed by atoms with Crippen molar-refractivity contribution >= 4 is 38.7 Å². The van der Waals surface area contributed by atoms with Gasteiger partial charge in [0.1, 0.15) is 11.5 Å². The maximum Gasteiger partial charge on any atom is 0.171 e. The lowest BCUT2D eigenvalue weighted by atomic mass is 10.2. The number of rotatable bonds is 1. The molecule has 0 saturated heterocycles. The van der Waals surface area contributed by atoms with E-state index in [1.54, 1.807) is 23.7 Å². The van der Waals surface area contributed by atoms with E-state index in [0.29, 0.717) is 10.8 Å². The van der Waals surface area contributed by atoms with E-state index < -0.39 is 0 Å². The molecule has 0 fully saturated rings. The molecule has 3 heterocycles. The SMILES string of the molecule is Clc1cc2nnc(-c3csc4ccccc34)n2cn1. The monoisotopic (exact) mass is 286 g/mol. The Morgan fingerprint density at radius 2 is 2.05 bits per heavy atom. The van der Waals surface area contributed by atoms with Gasteiger partial charge in [-0.15, -0.1) is 21.5 Å². The van der Waals surface area contributed by atoms with Crippen molar-refractivity contribution in [2.24, 2.45) is 0 Å². The van der Waals surface area contributed by atoms with Crippen LogP contribution in [-0.4, -0.2) is 19.6 Å². The highest BCUT2D eigenvalue weighted by atomic mass is 35.5. The van der Waals surface area contributed by atoms with Gasteiger partial charge in [0.25, 0.3) is 0 Å². The maximum atomic E-state index is 5.86. The third kappa shape index (κ3) is 1.63. The van der Waals surface area contributed by atoms with E-state index >= 15 is 0 Å². The molecule has 0 saturated carbocycles. The summed E-state index contributed by atoms with van der Waals surface area (Å²) >= 11 is 7.55. The van der Waals surface area contributed by atoms with Gasteiger partial charge in [-0.3, -0.25) is 4.40 Å². The highest BCUT2D eigenvalue weighted by Gasteiger charge is 2.13. The first-order valence-corrected chi connectivity index (χ1v) is 6.91. The Kier molecular flexibility index (Phi) is 2.30. The summed E-state index contributed by atoms with van der Waals surface area (Å²) in [4.78, 5) is 4.08. The molecule has 0 spiro atoms. The van der Waals surface area contributed by atoms with Gasteiger partial charge in [-0.2, -0.15) is 0 Å². The van der Waals surface area contributed by atoms with Gasteiger partial charge in [-0.05, 0) is 6.07 Å². The third-order valence-electron chi connectivity index (χ3n) is 2.99. The highest BCUT2D eigenvalue weighted by molar-refractivity contribution is 7.17. The molecule has 4 aromatic rings. The van der Waals surface area contributed by atoms with Crippen molar-refractivity contribution in [1.82, 2.24) is 19.6 Å². The lowest BCUT2D eigenvalue weighted by Crippen LogP contribution is -1.90. The topological polar surface area (TPSA) is 43.1 Å². The summed E-state index contributed by atoms with van der Waals surface area (Å²) in [5, 5.41) is 12.1. The molecule has 92 valence electrons. The third-order valence-corrected chi connectivity index (χ3v) is 4.16. The minimum Gasteiger partial charge on any atom is -0.265 e. The number of hydrogen-bond acceptors (Lipinski definition) is 4. The van der Waals surface area contributed by atoms with Crippen molar-refractivity contribution in [3.05, 3.63) is 47.2 Å². The van der Waals surface area contributed by atoms with E-state index in [4.69, 9.17) is 11.6 Å². The van der Waals surface area contributed by atoms with Gasteiger partial charge in [0.15, 0.2) is 11.5 Å². The lowest BCUT2D eigenvalue weighted by molar-refractivity contribution is 1.08. The van der Waals surface area contributed by atoms with Crippen LogP contribution in [0.4, 0.5) is 0 Å². The minimum absolute atomic E-state index is 0.418. The Morgan fingerprint density at radius 1 is 1.16 bits per heavy atom. The molecule has 4 nitrogen and oxygen atoms in total. The minimum atomic E-state index is 0.418. The van der Waals surface area contributed by atoms with Gasteiger partial charge in [-0.25, -0.2) is 4.98 Å². The Hall–Kier alpha value is -1.98. The van der Waals surface area contributed by atoms with Crippen LogP contribution in [0.1, 0.15) is 0 Å². The predicted octanol–water partition coefficient (Wildman–Crippen LogP) is 3.66. The van der Waals surface area contributed by atoms with Crippen molar-refractivity contribution in [2.75, 3.05) is 0 Å². The summed E-state index contributed by atoms with van der Waals surface area (Å²) in [6.45, 7) is 0. The van der Waals surface area contributed by atoms with E-state index in [0.717, 1.165) is 11.4 Å². The first kappa shape index (κ1) is 10.9. The number of hydrogen-bond donors (Lipinski definition) is 0. The quantitative estimate of drug-likeness (QED) is 0.502. The molecule has 6 heteroatoms. The average molecular weight is 287 g/mol. The van der Waals surface area contributed by atoms with Crippen LogP contribution < -0.4 is 0 Å². The van der Waals surface area contributed by atoms with Crippen LogP contribution in [0.2, 0.25) is 5.15 Å². The summed E-state index contributed by atoms with van der Waals surface area (Å²) in [6.07, 6.45) is 1.65. The first-order chi connectivity index (χ1) is 9.33. The number of nitrogens with zero attached hydrogens (tertiary/aromatic N) is 4. The molecular formula is C13H7ClN4S. The molecule has 0 atom stereocenters. The van der Waals surface area contributed by atoms with Crippen molar-refractivity contribution in [3.8, 4) is 11.4 Å². The molecule has 0 unspecified atom stereocenters. The first-order valence-electron chi connectivity index (χ1n) is 5.66. The Bertz CT molecular complexity index is 896. The summed E-state index contributed by atoms with van der Waals surface area (Å²) in [5.74, 6) is 0.789. The molecule has 0 amide bonds. The predicted molar refractivity (Wildman–Crippen MR) is 76.6 cm³/mol. The van der Waals surface area contributed by atoms with E-state index in [2.05, 4.69) is 32.7 Å². The van der Waals surface area contributed by atoms with Crippen LogP contribution in [0, 0.1) is 0 Å². The Labute approximate surface area is 117 Å². The normalized spacial score (nSPS) is 11.4. The van der Waals surface area contributed by atoms with E-state index in [1.165, 1.54) is 10.1 Å². The summed E-state index contributed by atoms with van der Waals surface area (Å²) in [5.41, 5.74) is 1.77. The molecule has 1 aromatic carbocycles.